The van der Waals surface area contributed by atoms with Gasteiger partial charge >= 0.3 is 33.3 Å². The summed E-state index contributed by atoms with van der Waals surface area (Å²) in [7, 11) is 9.59. The quantitative estimate of drug-likeness (QED) is 0.163. The molecule has 1 rings (SSSR count). The summed E-state index contributed by atoms with van der Waals surface area (Å²) in [6, 6.07) is 0.980. The molecular formula is C18H47Cl4MnN7-2. The Morgan fingerprint density at radius 3 is 1.53 bits per heavy atom. The van der Waals surface area contributed by atoms with Crippen LogP contribution in [0.25, 0.3) is 0 Å². The summed E-state index contributed by atoms with van der Waals surface area (Å²) in [4.78, 5) is 0. The van der Waals surface area contributed by atoms with E-state index < -0.39 is 0 Å². The number of hydrogen-bond donors (Lipinski definition) is 7. The van der Waals surface area contributed by atoms with E-state index in [1.165, 1.54) is 0 Å². The third-order valence-corrected chi connectivity index (χ3v) is 4.25. The van der Waals surface area contributed by atoms with Crippen molar-refractivity contribution in [1.29, 1.82) is 0 Å². The van der Waals surface area contributed by atoms with Crippen molar-refractivity contribution in [3.05, 3.63) is 0 Å². The van der Waals surface area contributed by atoms with Crippen LogP contribution in [0, 0.1) is 0 Å². The Bertz CT molecular complexity index is 265. The Labute approximate surface area is 213 Å². The van der Waals surface area contributed by atoms with Crippen LogP contribution in [0.1, 0.15) is 40.5 Å². The Morgan fingerprint density at radius 2 is 1.07 bits per heavy atom. The van der Waals surface area contributed by atoms with Crippen molar-refractivity contribution in [2.75, 3.05) is 65.4 Å². The van der Waals surface area contributed by atoms with Crippen LogP contribution in [-0.2, 0) is 13.1 Å². The van der Waals surface area contributed by atoms with Gasteiger partial charge in [0.25, 0.3) is 0 Å². The fourth-order valence-corrected chi connectivity index (χ4v) is 2.83. The van der Waals surface area contributed by atoms with Gasteiger partial charge in [-0.25, -0.2) is 0 Å². The van der Waals surface area contributed by atoms with E-state index in [0.717, 1.165) is 91.1 Å². The van der Waals surface area contributed by atoms with Gasteiger partial charge in [0.05, 0.1) is 0 Å². The van der Waals surface area contributed by atoms with E-state index >= 15 is 0 Å². The number of hydrogen-bond acceptors (Lipinski definition) is 7. The molecule has 30 heavy (non-hydrogen) atoms. The Hall–Kier alpha value is 1.40. The average Bonchev–Trinajstić information content (AvgIpc) is 2.65. The van der Waals surface area contributed by atoms with Gasteiger partial charge in [0.1, 0.15) is 0 Å². The molecule has 2 atom stereocenters. The van der Waals surface area contributed by atoms with Gasteiger partial charge in [0, 0.05) is 64.4 Å². The monoisotopic (exact) mass is 556 g/mol. The maximum absolute atomic E-state index is 5.67. The summed E-state index contributed by atoms with van der Waals surface area (Å²) in [5.74, 6) is 0. The molecule has 1 aliphatic rings. The molecule has 9 N–H and O–H groups in total. The van der Waals surface area contributed by atoms with Crippen molar-refractivity contribution in [3.8, 4) is 0 Å². The van der Waals surface area contributed by atoms with Crippen LogP contribution in [0.4, 0.5) is 0 Å². The first-order chi connectivity index (χ1) is 12.8. The van der Waals surface area contributed by atoms with Crippen LogP contribution in [0.3, 0.4) is 0 Å². The fraction of sp³-hybridized carbons (Fsp3) is 1.00. The predicted molar refractivity (Wildman–Crippen MR) is 124 cm³/mol. The van der Waals surface area contributed by atoms with E-state index in [0.29, 0.717) is 12.1 Å². The van der Waals surface area contributed by atoms with E-state index in [9.17, 15) is 0 Å². The summed E-state index contributed by atoms with van der Waals surface area (Å²) in [5, 5.41) is 17.8. The third-order valence-electron chi connectivity index (χ3n) is 4.25. The minimum atomic E-state index is 0. The summed E-state index contributed by atoms with van der Waals surface area (Å²) < 4.78 is 0. The maximum atomic E-state index is 5.67. The van der Waals surface area contributed by atoms with Gasteiger partial charge in [-0.3, -0.25) is 0 Å². The second-order valence-corrected chi connectivity index (χ2v) is 8.33. The molecule has 1 aliphatic heterocycles. The summed E-state index contributed by atoms with van der Waals surface area (Å²) in [6.07, 6.45) is 4.40. The van der Waals surface area contributed by atoms with Gasteiger partial charge in [0.15, 0.2) is 0 Å². The van der Waals surface area contributed by atoms with E-state index in [4.69, 9.17) is 31.7 Å². The molecule has 0 radical (unpaired) electrons. The first-order valence-electron chi connectivity index (χ1n) is 9.64. The van der Waals surface area contributed by atoms with E-state index in [1.54, 1.807) is 0 Å². The van der Waals surface area contributed by atoms with Crippen LogP contribution < -0.4 is 62.9 Å². The fourth-order valence-electron chi connectivity index (χ4n) is 2.83. The zero-order chi connectivity index (χ0) is 19.3. The van der Waals surface area contributed by atoms with Crippen molar-refractivity contribution < 1.29 is 37.9 Å². The first kappa shape index (κ1) is 41.6. The zero-order valence-corrected chi connectivity index (χ0v) is 20.8. The first-order valence-corrected chi connectivity index (χ1v) is 12.9. The van der Waals surface area contributed by atoms with Crippen LogP contribution in [0.15, 0.2) is 0 Å². The molecule has 0 amide bonds. The molecule has 0 aromatic heterocycles. The average molecular weight is 558 g/mol. The van der Waals surface area contributed by atoms with Gasteiger partial charge in [-0.2, -0.15) is 0 Å². The molecule has 0 aliphatic carbocycles. The molecule has 12 heteroatoms. The molecule has 7 nitrogen and oxygen atoms in total. The van der Waals surface area contributed by atoms with Gasteiger partial charge < -0.3 is 62.9 Å². The topological polar surface area (TPSA) is 112 Å². The second-order valence-electron chi connectivity index (χ2n) is 6.38. The number of nitrogens with two attached hydrogens (primary N) is 2. The Kier molecular flexibility index (Phi) is 48.6. The normalized spacial score (nSPS) is 20.8. The molecule has 0 bridgehead atoms. The van der Waals surface area contributed by atoms with Crippen molar-refractivity contribution >= 4 is 20.2 Å². The SMILES string of the molecule is C.C.NCCCC1CN[C@@H](CCCN)CNCCNCCNCCN1.[Cl-].[Cl-].[Cl][Mn][Cl]. The molecule has 0 aromatic carbocycles. The Balaban J connectivity index is -0.000000280. The van der Waals surface area contributed by atoms with Crippen molar-refractivity contribution in [3.63, 3.8) is 0 Å². The molecule has 0 spiro atoms. The van der Waals surface area contributed by atoms with Gasteiger partial charge in [-0.1, -0.05) is 14.9 Å². The standard InChI is InChI=1S/C16H39N7.2CH4.4ClH.Mn/c17-5-1-3-15-13-21-10-9-19-7-8-20-11-12-22-16(14-23-15)4-2-6-18;;;;;;;/h15-16,19-23H,1-14,17-18H2;2*1H4;4*1H;/q;;;;;;;+2/p-4/t15-,16?;;;;;;;/m0......./s1. The van der Waals surface area contributed by atoms with Crippen molar-refractivity contribution in [1.82, 2.24) is 26.6 Å². The summed E-state index contributed by atoms with van der Waals surface area (Å²) >= 11 is 0.00694. The molecule has 0 saturated carbocycles. The number of halogens is 4. The van der Waals surface area contributed by atoms with Crippen LogP contribution in [-0.4, -0.2) is 77.5 Å². The van der Waals surface area contributed by atoms with E-state index in [1.807, 2.05) is 0 Å². The molecule has 1 fully saturated rings. The number of nitrogens with one attached hydrogen (secondary N) is 5. The van der Waals surface area contributed by atoms with E-state index in [2.05, 4.69) is 26.6 Å². The summed E-state index contributed by atoms with van der Waals surface area (Å²) in [5.41, 5.74) is 11.3. The molecule has 1 heterocycles. The summed E-state index contributed by atoms with van der Waals surface area (Å²) in [6.45, 7) is 9.61. The number of rotatable bonds is 6. The van der Waals surface area contributed by atoms with Crippen LogP contribution >= 0.6 is 20.2 Å². The molecule has 191 valence electrons. The van der Waals surface area contributed by atoms with Gasteiger partial charge in [-0.05, 0) is 38.8 Å². The molecule has 1 saturated heterocycles. The minimum absolute atomic E-state index is 0. The molecule has 1 unspecified atom stereocenters. The van der Waals surface area contributed by atoms with Crippen LogP contribution in [0.2, 0.25) is 0 Å². The second kappa shape index (κ2) is 35.0. The predicted octanol–water partition coefficient (Wildman–Crippen LogP) is -5.18. The van der Waals surface area contributed by atoms with Crippen molar-refractivity contribution in [2.24, 2.45) is 11.5 Å². The molecule has 0 aromatic rings. The zero-order valence-electron chi connectivity index (χ0n) is 16.6. The Morgan fingerprint density at radius 1 is 0.667 bits per heavy atom. The molecular weight excluding hydrogens is 511 g/mol. The van der Waals surface area contributed by atoms with Gasteiger partial charge in [0.2, 0.25) is 0 Å². The van der Waals surface area contributed by atoms with Crippen LogP contribution in [0.5, 0.6) is 0 Å². The van der Waals surface area contributed by atoms with Gasteiger partial charge in [-0.15, -0.1) is 0 Å². The van der Waals surface area contributed by atoms with E-state index in [-0.39, 0.29) is 52.8 Å². The third kappa shape index (κ3) is 29.4. The van der Waals surface area contributed by atoms with Crippen molar-refractivity contribution in [2.45, 2.75) is 52.6 Å².